The van der Waals surface area contributed by atoms with Crippen molar-refractivity contribution in [2.24, 2.45) is 5.92 Å². The first-order chi connectivity index (χ1) is 7.14. The number of piperazine rings is 1. The maximum absolute atomic E-state index is 3.67. The lowest BCUT2D eigenvalue weighted by Crippen LogP contribution is -2.60. The van der Waals surface area contributed by atoms with E-state index in [1.165, 1.54) is 45.3 Å². The van der Waals surface area contributed by atoms with Crippen LogP contribution in [-0.4, -0.2) is 36.1 Å². The lowest BCUT2D eigenvalue weighted by molar-refractivity contribution is 0.0829. The number of hydrogen-bond donors (Lipinski definition) is 1. The molecule has 1 aliphatic carbocycles. The first-order valence-corrected chi connectivity index (χ1v) is 6.64. The van der Waals surface area contributed by atoms with E-state index in [1.807, 2.05) is 0 Å². The van der Waals surface area contributed by atoms with Crippen LogP contribution in [0.2, 0.25) is 0 Å². The normalized spacial score (nSPS) is 43.4. The highest BCUT2D eigenvalue weighted by molar-refractivity contribution is 4.94. The molecule has 0 aromatic heterocycles. The molecule has 0 aromatic rings. The predicted octanol–water partition coefficient (Wildman–Crippen LogP) is 2.25. The topological polar surface area (TPSA) is 15.3 Å². The minimum atomic E-state index is 0.362. The van der Waals surface area contributed by atoms with Gasteiger partial charge in [0.2, 0.25) is 0 Å². The van der Waals surface area contributed by atoms with Gasteiger partial charge in [0.25, 0.3) is 0 Å². The molecule has 15 heavy (non-hydrogen) atoms. The van der Waals surface area contributed by atoms with Crippen LogP contribution < -0.4 is 5.32 Å². The van der Waals surface area contributed by atoms with Gasteiger partial charge >= 0.3 is 0 Å². The predicted molar refractivity (Wildman–Crippen MR) is 65.1 cm³/mol. The molecule has 2 aliphatic rings. The largest absolute Gasteiger partial charge is 0.309 e. The zero-order chi connectivity index (χ0) is 10.9. The van der Waals surface area contributed by atoms with Gasteiger partial charge in [0.15, 0.2) is 0 Å². The molecule has 2 heteroatoms. The van der Waals surface area contributed by atoms with Crippen LogP contribution in [0, 0.1) is 5.92 Å². The highest BCUT2D eigenvalue weighted by Gasteiger charge is 2.35. The van der Waals surface area contributed by atoms with Crippen molar-refractivity contribution >= 4 is 0 Å². The van der Waals surface area contributed by atoms with Crippen molar-refractivity contribution in [3.8, 4) is 0 Å². The molecule has 1 heterocycles. The molecule has 0 aromatic carbocycles. The summed E-state index contributed by atoms with van der Waals surface area (Å²) in [6.07, 6.45) is 5.56. The Morgan fingerprint density at radius 2 is 2.20 bits per heavy atom. The molecule has 1 aliphatic heterocycles. The van der Waals surface area contributed by atoms with E-state index in [4.69, 9.17) is 0 Å². The molecule has 0 bridgehead atoms. The van der Waals surface area contributed by atoms with Crippen LogP contribution in [0.25, 0.3) is 0 Å². The Bertz CT molecular complexity index is 217. The van der Waals surface area contributed by atoms with Crippen molar-refractivity contribution < 1.29 is 0 Å². The number of nitrogens with zero attached hydrogens (tertiary/aromatic N) is 1. The zero-order valence-corrected chi connectivity index (χ0v) is 10.6. The van der Waals surface area contributed by atoms with Crippen molar-refractivity contribution in [1.82, 2.24) is 10.2 Å². The summed E-state index contributed by atoms with van der Waals surface area (Å²) in [7, 11) is 0. The fourth-order valence-electron chi connectivity index (χ4n) is 3.27. The van der Waals surface area contributed by atoms with Crippen molar-refractivity contribution in [2.75, 3.05) is 19.6 Å². The molecule has 0 spiro atoms. The quantitative estimate of drug-likeness (QED) is 0.752. The Balaban J connectivity index is 1.97. The van der Waals surface area contributed by atoms with Gasteiger partial charge in [-0.3, -0.25) is 4.90 Å². The molecule has 2 rings (SSSR count). The molecule has 3 atom stereocenters. The van der Waals surface area contributed by atoms with Crippen molar-refractivity contribution in [3.05, 3.63) is 0 Å². The van der Waals surface area contributed by atoms with E-state index in [1.54, 1.807) is 0 Å². The number of nitrogens with one attached hydrogen (secondary N) is 1. The molecule has 3 unspecified atom stereocenters. The Kier molecular flexibility index (Phi) is 3.36. The second kappa shape index (κ2) is 4.42. The SMILES string of the molecule is CCC1(C)CN(C2CCCC2C)CCN1. The van der Waals surface area contributed by atoms with Gasteiger partial charge in [-0.25, -0.2) is 0 Å². The minimum absolute atomic E-state index is 0.362. The molecule has 0 radical (unpaired) electrons. The van der Waals surface area contributed by atoms with E-state index in [2.05, 4.69) is 31.0 Å². The van der Waals surface area contributed by atoms with Gasteiger partial charge < -0.3 is 5.32 Å². The van der Waals surface area contributed by atoms with Crippen molar-refractivity contribution in [1.29, 1.82) is 0 Å². The monoisotopic (exact) mass is 210 g/mol. The molecular weight excluding hydrogens is 184 g/mol. The molecule has 2 fully saturated rings. The molecule has 1 saturated heterocycles. The van der Waals surface area contributed by atoms with Crippen molar-refractivity contribution in [3.63, 3.8) is 0 Å². The van der Waals surface area contributed by atoms with Crippen LogP contribution in [0.1, 0.15) is 46.5 Å². The smallest absolute Gasteiger partial charge is 0.0278 e. The van der Waals surface area contributed by atoms with E-state index in [0.717, 1.165) is 12.0 Å². The van der Waals surface area contributed by atoms with Crippen LogP contribution >= 0.6 is 0 Å². The summed E-state index contributed by atoms with van der Waals surface area (Å²) in [5.74, 6) is 0.921. The first-order valence-electron chi connectivity index (χ1n) is 6.64. The van der Waals surface area contributed by atoms with Crippen LogP contribution in [0.3, 0.4) is 0 Å². The summed E-state index contributed by atoms with van der Waals surface area (Å²) in [5.41, 5.74) is 0.362. The Morgan fingerprint density at radius 3 is 2.80 bits per heavy atom. The lowest BCUT2D eigenvalue weighted by Gasteiger charge is -2.44. The highest BCUT2D eigenvalue weighted by atomic mass is 15.2. The fraction of sp³-hybridized carbons (Fsp3) is 1.00. The average Bonchev–Trinajstić information content (AvgIpc) is 2.65. The summed E-state index contributed by atoms with van der Waals surface area (Å²) in [4.78, 5) is 2.75. The lowest BCUT2D eigenvalue weighted by atomic mass is 9.93. The maximum Gasteiger partial charge on any atom is 0.0278 e. The second-order valence-electron chi connectivity index (χ2n) is 5.79. The minimum Gasteiger partial charge on any atom is -0.309 e. The van der Waals surface area contributed by atoms with Crippen molar-refractivity contribution in [2.45, 2.75) is 58.0 Å². The molecule has 0 amide bonds. The third-order valence-electron chi connectivity index (χ3n) is 4.57. The van der Waals surface area contributed by atoms with Gasteiger partial charge in [-0.05, 0) is 32.1 Å². The fourth-order valence-corrected chi connectivity index (χ4v) is 3.27. The van der Waals surface area contributed by atoms with Gasteiger partial charge in [-0.1, -0.05) is 20.3 Å². The summed E-state index contributed by atoms with van der Waals surface area (Å²) in [6, 6.07) is 0.873. The van der Waals surface area contributed by atoms with E-state index < -0.39 is 0 Å². The number of hydrogen-bond acceptors (Lipinski definition) is 2. The molecule has 88 valence electrons. The van der Waals surface area contributed by atoms with Gasteiger partial charge in [-0.15, -0.1) is 0 Å². The van der Waals surface area contributed by atoms with Gasteiger partial charge in [0, 0.05) is 31.2 Å². The van der Waals surface area contributed by atoms with E-state index in [0.29, 0.717) is 5.54 Å². The Morgan fingerprint density at radius 1 is 1.40 bits per heavy atom. The standard InChI is InChI=1S/C13H26N2/c1-4-13(3)10-15(9-8-14-13)12-7-5-6-11(12)2/h11-12,14H,4-10H2,1-3H3. The van der Waals surface area contributed by atoms with Crippen LogP contribution in [0.15, 0.2) is 0 Å². The van der Waals surface area contributed by atoms with Crippen LogP contribution in [0.5, 0.6) is 0 Å². The van der Waals surface area contributed by atoms with E-state index in [9.17, 15) is 0 Å². The van der Waals surface area contributed by atoms with E-state index in [-0.39, 0.29) is 0 Å². The third-order valence-corrected chi connectivity index (χ3v) is 4.57. The second-order valence-corrected chi connectivity index (χ2v) is 5.79. The summed E-state index contributed by atoms with van der Waals surface area (Å²) < 4.78 is 0. The van der Waals surface area contributed by atoms with Gasteiger partial charge in [-0.2, -0.15) is 0 Å². The van der Waals surface area contributed by atoms with E-state index >= 15 is 0 Å². The average molecular weight is 210 g/mol. The Hall–Kier alpha value is -0.0800. The van der Waals surface area contributed by atoms with Crippen LogP contribution in [-0.2, 0) is 0 Å². The van der Waals surface area contributed by atoms with Gasteiger partial charge in [0.1, 0.15) is 0 Å². The summed E-state index contributed by atoms with van der Waals surface area (Å²) in [6.45, 7) is 10.8. The first kappa shape index (κ1) is 11.4. The highest BCUT2D eigenvalue weighted by Crippen LogP contribution is 2.31. The zero-order valence-electron chi connectivity index (χ0n) is 10.6. The maximum atomic E-state index is 3.67. The number of rotatable bonds is 2. The molecular formula is C13H26N2. The summed E-state index contributed by atoms with van der Waals surface area (Å²) in [5, 5.41) is 3.67. The van der Waals surface area contributed by atoms with Crippen LogP contribution in [0.4, 0.5) is 0 Å². The molecule has 1 N–H and O–H groups in total. The third kappa shape index (κ3) is 2.36. The molecule has 1 saturated carbocycles. The summed E-state index contributed by atoms with van der Waals surface area (Å²) >= 11 is 0. The Labute approximate surface area is 94.4 Å². The van der Waals surface area contributed by atoms with Gasteiger partial charge in [0.05, 0.1) is 0 Å². The molecule has 2 nitrogen and oxygen atoms in total.